The molecule has 1 N–H and O–H groups in total. The van der Waals surface area contributed by atoms with Crippen molar-refractivity contribution >= 4 is 11.8 Å². The highest BCUT2D eigenvalue weighted by molar-refractivity contribution is 5.98. The summed E-state index contributed by atoms with van der Waals surface area (Å²) in [5, 5.41) is 2.84. The molecule has 2 fully saturated rings. The maximum Gasteiger partial charge on any atom is 0.259 e. The van der Waals surface area contributed by atoms with Gasteiger partial charge in [0.1, 0.15) is 23.4 Å². The van der Waals surface area contributed by atoms with Crippen LogP contribution in [0.4, 0.5) is 8.78 Å². The van der Waals surface area contributed by atoms with E-state index in [0.29, 0.717) is 25.5 Å². The largest absolute Gasteiger partial charge is 0.354 e. The van der Waals surface area contributed by atoms with Gasteiger partial charge in [-0.1, -0.05) is 20.3 Å². The van der Waals surface area contributed by atoms with Gasteiger partial charge in [-0.2, -0.15) is 0 Å². The minimum atomic E-state index is -0.931. The lowest BCUT2D eigenvalue weighted by Gasteiger charge is -2.41. The number of carbonyl (C=O) groups is 2. The van der Waals surface area contributed by atoms with Crippen LogP contribution >= 0.6 is 0 Å². The van der Waals surface area contributed by atoms with Crippen LogP contribution in [0.5, 0.6) is 0 Å². The fraction of sp³-hybridized carbons (Fsp3) is 0.600. The zero-order valence-corrected chi connectivity index (χ0v) is 15.8. The van der Waals surface area contributed by atoms with E-state index in [0.717, 1.165) is 31.4 Å². The van der Waals surface area contributed by atoms with Gasteiger partial charge < -0.3 is 10.1 Å². The Hall–Kier alpha value is -2.02. The molecular formula is C20H26F2N2O3. The number of amides is 2. The van der Waals surface area contributed by atoms with Gasteiger partial charge in [0.2, 0.25) is 5.91 Å². The van der Waals surface area contributed by atoms with Crippen molar-refractivity contribution in [2.75, 3.05) is 13.2 Å². The summed E-state index contributed by atoms with van der Waals surface area (Å²) in [6, 6.07) is 2.05. The third-order valence-corrected chi connectivity index (χ3v) is 5.26. The summed E-state index contributed by atoms with van der Waals surface area (Å²) in [5.74, 6) is -2.35. The number of nitrogens with one attached hydrogen (secondary N) is 1. The molecule has 0 bridgehead atoms. The number of nitrogens with zero attached hydrogens (tertiary/aromatic N) is 1. The molecule has 0 aromatic heterocycles. The van der Waals surface area contributed by atoms with Crippen molar-refractivity contribution in [3.8, 4) is 0 Å². The van der Waals surface area contributed by atoms with Crippen LogP contribution < -0.4 is 5.32 Å². The number of benzene rings is 1. The standard InChI is InChI=1S/C20H26F2N2O3/c1-13(2)11-23-18(25)17-12-27-20(8-4-3-5-9-20)24(17)19(26)15-7-6-14(21)10-16(15)22/h6-7,10,13,17H,3-5,8-9,11-12H2,1-2H3,(H,23,25)/t17-/m0/s1. The van der Waals surface area contributed by atoms with E-state index in [1.807, 2.05) is 13.8 Å². The molecule has 1 aliphatic heterocycles. The van der Waals surface area contributed by atoms with E-state index < -0.39 is 29.3 Å². The first-order chi connectivity index (χ1) is 12.8. The van der Waals surface area contributed by atoms with Crippen LogP contribution in [0.2, 0.25) is 0 Å². The summed E-state index contributed by atoms with van der Waals surface area (Å²) in [4.78, 5) is 27.3. The van der Waals surface area contributed by atoms with Gasteiger partial charge in [0, 0.05) is 12.6 Å². The van der Waals surface area contributed by atoms with E-state index in [9.17, 15) is 18.4 Å². The van der Waals surface area contributed by atoms with Gasteiger partial charge in [-0.15, -0.1) is 0 Å². The van der Waals surface area contributed by atoms with Crippen molar-refractivity contribution in [2.45, 2.75) is 57.7 Å². The molecule has 0 unspecified atom stereocenters. The maximum atomic E-state index is 14.3. The van der Waals surface area contributed by atoms with Crippen molar-refractivity contribution in [1.29, 1.82) is 0 Å². The molecule has 2 aliphatic rings. The Morgan fingerprint density at radius 3 is 2.59 bits per heavy atom. The summed E-state index contributed by atoms with van der Waals surface area (Å²) in [5.41, 5.74) is -1.13. The second-order valence-corrected chi connectivity index (χ2v) is 7.77. The van der Waals surface area contributed by atoms with Crippen LogP contribution in [-0.2, 0) is 9.53 Å². The number of rotatable bonds is 4. The maximum absolute atomic E-state index is 14.3. The van der Waals surface area contributed by atoms with E-state index in [4.69, 9.17) is 4.74 Å². The molecule has 1 aromatic rings. The molecule has 5 nitrogen and oxygen atoms in total. The van der Waals surface area contributed by atoms with E-state index in [2.05, 4.69) is 5.32 Å². The first kappa shape index (κ1) is 19.7. The predicted molar refractivity (Wildman–Crippen MR) is 95.9 cm³/mol. The van der Waals surface area contributed by atoms with Gasteiger partial charge in [0.25, 0.3) is 5.91 Å². The quantitative estimate of drug-likeness (QED) is 0.872. The lowest BCUT2D eigenvalue weighted by molar-refractivity contribution is -0.127. The summed E-state index contributed by atoms with van der Waals surface area (Å²) >= 11 is 0. The summed E-state index contributed by atoms with van der Waals surface area (Å²) in [6.07, 6.45) is 3.99. The third-order valence-electron chi connectivity index (χ3n) is 5.26. The molecule has 1 heterocycles. The fourth-order valence-electron chi connectivity index (χ4n) is 3.89. The number of hydrogen-bond donors (Lipinski definition) is 1. The topological polar surface area (TPSA) is 58.6 Å². The van der Waals surface area contributed by atoms with E-state index in [1.54, 1.807) is 0 Å². The molecule has 3 rings (SSSR count). The average molecular weight is 380 g/mol. The molecule has 1 atom stereocenters. The van der Waals surface area contributed by atoms with Crippen LogP contribution in [0, 0.1) is 17.6 Å². The monoisotopic (exact) mass is 380 g/mol. The van der Waals surface area contributed by atoms with Crippen LogP contribution in [0.3, 0.4) is 0 Å². The van der Waals surface area contributed by atoms with Gasteiger partial charge in [0.05, 0.1) is 12.2 Å². The molecule has 1 aromatic carbocycles. The fourth-order valence-corrected chi connectivity index (χ4v) is 3.89. The SMILES string of the molecule is CC(C)CNC(=O)[C@@H]1COC2(CCCCC2)N1C(=O)c1ccc(F)cc1F. The van der Waals surface area contributed by atoms with Crippen molar-refractivity contribution in [3.05, 3.63) is 35.4 Å². The van der Waals surface area contributed by atoms with E-state index >= 15 is 0 Å². The molecular weight excluding hydrogens is 354 g/mol. The zero-order valence-electron chi connectivity index (χ0n) is 15.8. The van der Waals surface area contributed by atoms with Crippen LogP contribution in [0.1, 0.15) is 56.3 Å². The molecule has 2 amide bonds. The second kappa shape index (κ2) is 7.92. The number of halogens is 2. The van der Waals surface area contributed by atoms with Gasteiger partial charge in [-0.05, 0) is 43.7 Å². The molecule has 148 valence electrons. The Balaban J connectivity index is 1.92. The van der Waals surface area contributed by atoms with Gasteiger partial charge >= 0.3 is 0 Å². The lowest BCUT2D eigenvalue weighted by atomic mass is 9.89. The highest BCUT2D eigenvalue weighted by Crippen LogP contribution is 2.41. The highest BCUT2D eigenvalue weighted by atomic mass is 19.1. The molecule has 27 heavy (non-hydrogen) atoms. The van der Waals surface area contributed by atoms with Gasteiger partial charge in [-0.3, -0.25) is 14.5 Å². The van der Waals surface area contributed by atoms with Crippen molar-refractivity contribution in [1.82, 2.24) is 10.2 Å². The Morgan fingerprint density at radius 2 is 1.96 bits per heavy atom. The highest BCUT2D eigenvalue weighted by Gasteiger charge is 2.53. The average Bonchev–Trinajstić information content (AvgIpc) is 2.98. The lowest BCUT2D eigenvalue weighted by Crippen LogP contribution is -2.56. The van der Waals surface area contributed by atoms with E-state index in [1.165, 1.54) is 4.90 Å². The molecule has 1 aliphatic carbocycles. The summed E-state index contributed by atoms with van der Waals surface area (Å²) in [7, 11) is 0. The van der Waals surface area contributed by atoms with Crippen LogP contribution in [0.15, 0.2) is 18.2 Å². The summed E-state index contributed by atoms with van der Waals surface area (Å²) < 4.78 is 33.5. The Morgan fingerprint density at radius 1 is 1.26 bits per heavy atom. The van der Waals surface area contributed by atoms with Crippen molar-refractivity contribution in [3.63, 3.8) is 0 Å². The van der Waals surface area contributed by atoms with Crippen molar-refractivity contribution < 1.29 is 23.1 Å². The van der Waals surface area contributed by atoms with Gasteiger partial charge in [-0.25, -0.2) is 8.78 Å². The first-order valence-corrected chi connectivity index (χ1v) is 9.54. The van der Waals surface area contributed by atoms with Crippen LogP contribution in [0.25, 0.3) is 0 Å². The van der Waals surface area contributed by atoms with Crippen molar-refractivity contribution in [2.24, 2.45) is 5.92 Å². The predicted octanol–water partition coefficient (Wildman–Crippen LogP) is 3.24. The first-order valence-electron chi connectivity index (χ1n) is 9.54. The Labute approximate surface area is 158 Å². The smallest absolute Gasteiger partial charge is 0.259 e. The second-order valence-electron chi connectivity index (χ2n) is 7.77. The summed E-state index contributed by atoms with van der Waals surface area (Å²) in [6.45, 7) is 4.52. The Bertz CT molecular complexity index is 717. The number of hydrogen-bond acceptors (Lipinski definition) is 3. The van der Waals surface area contributed by atoms with E-state index in [-0.39, 0.29) is 24.0 Å². The molecule has 1 saturated heterocycles. The zero-order chi connectivity index (χ0) is 19.6. The molecule has 1 spiro atoms. The third kappa shape index (κ3) is 3.98. The molecule has 0 radical (unpaired) electrons. The normalized spacial score (nSPS) is 21.7. The Kier molecular flexibility index (Phi) is 5.79. The molecule has 7 heteroatoms. The number of carbonyl (C=O) groups excluding carboxylic acids is 2. The van der Waals surface area contributed by atoms with Crippen LogP contribution in [-0.4, -0.2) is 41.6 Å². The molecule has 1 saturated carbocycles. The number of ether oxygens (including phenoxy) is 1. The minimum absolute atomic E-state index is 0.0818. The minimum Gasteiger partial charge on any atom is -0.354 e. The van der Waals surface area contributed by atoms with Gasteiger partial charge in [0.15, 0.2) is 0 Å².